The number of phosphoric ester groups is 1. The molecule has 446 valence electrons. The van der Waals surface area contributed by atoms with E-state index in [1.165, 1.54) is 24.3 Å². The number of nitrogens with two attached hydrogens (primary N) is 2. The van der Waals surface area contributed by atoms with Gasteiger partial charge in [-0.2, -0.15) is 12.6 Å². The summed E-state index contributed by atoms with van der Waals surface area (Å²) in [5, 5.41) is 34.7. The van der Waals surface area contributed by atoms with Crippen molar-refractivity contribution < 1.29 is 77.0 Å². The molecule has 1 aliphatic rings. The van der Waals surface area contributed by atoms with Gasteiger partial charge in [0.15, 0.2) is 0 Å². The third-order valence-corrected chi connectivity index (χ3v) is 13.8. The number of phosphoric acid groups is 1. The van der Waals surface area contributed by atoms with Crippen LogP contribution in [0, 0.1) is 5.92 Å². The highest BCUT2D eigenvalue weighted by molar-refractivity contribution is 7.80. The van der Waals surface area contributed by atoms with Crippen molar-refractivity contribution in [1.29, 1.82) is 0 Å². The molecule has 1 fully saturated rings. The highest BCUT2D eigenvalue weighted by Gasteiger charge is 2.43. The molecule has 0 spiro atoms. The fourth-order valence-electron chi connectivity index (χ4n) is 8.28. The van der Waals surface area contributed by atoms with Crippen molar-refractivity contribution in [2.75, 3.05) is 38.7 Å². The maximum absolute atomic E-state index is 14.5. The number of aryl methyl sites for hydroxylation is 1. The smallest absolute Gasteiger partial charge is 0.394 e. The monoisotopic (exact) mass is 1160 g/mol. The Bertz CT molecular complexity index is 2300. The number of aliphatic hydroxyl groups excluding tert-OH is 2. The SMILES string of the molecule is CC(C)CC(NC(=O)C1CC(ONC(=O)CCc2ccccc2)CN1C(O)CCOC(C)(C)CCOC(C)(C)CCNC(=O)C(N)CS)C(=O)NC(Cc1cnc[nH]1)C(=O)NC(CO)C(=O)NC(CC(C)OP(=O)(O)O)C(N)=O. The number of hydroxylamine groups is 1. The number of hydrogen-bond acceptors (Lipinski definition) is 18. The number of H-pyrrole nitrogens is 1. The lowest BCUT2D eigenvalue weighted by atomic mass is 10.0. The molecule has 2 aromatic rings. The van der Waals surface area contributed by atoms with Crippen molar-refractivity contribution in [2.45, 2.75) is 172 Å². The first-order chi connectivity index (χ1) is 37.0. The van der Waals surface area contributed by atoms with Crippen LogP contribution in [0.2, 0.25) is 0 Å². The number of aliphatic hydroxyl groups is 2. The summed E-state index contributed by atoms with van der Waals surface area (Å²) in [6.07, 6.45) is 0.292. The van der Waals surface area contributed by atoms with Crippen LogP contribution in [0.3, 0.4) is 0 Å². The predicted octanol–water partition coefficient (Wildman–Crippen LogP) is -1.12. The fourth-order valence-corrected chi connectivity index (χ4v) is 9.00. The molecule has 0 bridgehead atoms. The number of amides is 7. The highest BCUT2D eigenvalue weighted by Crippen LogP contribution is 2.38. The van der Waals surface area contributed by atoms with Crippen LogP contribution in [0.15, 0.2) is 42.9 Å². The molecule has 2 heterocycles. The Labute approximate surface area is 466 Å². The van der Waals surface area contributed by atoms with Gasteiger partial charge in [0.1, 0.15) is 36.5 Å². The number of rotatable bonds is 37. The highest BCUT2D eigenvalue weighted by atomic mass is 32.1. The molecule has 9 unspecified atom stereocenters. The molecule has 9 atom stereocenters. The van der Waals surface area contributed by atoms with E-state index in [2.05, 4.69) is 59.2 Å². The van der Waals surface area contributed by atoms with Crippen LogP contribution in [0.5, 0.6) is 0 Å². The Morgan fingerprint density at radius 2 is 1.49 bits per heavy atom. The minimum atomic E-state index is -4.98. The molecule has 1 aromatic heterocycles. The minimum Gasteiger partial charge on any atom is -0.394 e. The minimum absolute atomic E-state index is 0.0149. The third-order valence-electron chi connectivity index (χ3n) is 12.7. The van der Waals surface area contributed by atoms with Crippen molar-refractivity contribution in [3.8, 4) is 0 Å². The predicted molar refractivity (Wildman–Crippen MR) is 291 cm³/mol. The Hall–Kier alpha value is -5.10. The van der Waals surface area contributed by atoms with Gasteiger partial charge in [0.05, 0.1) is 55.5 Å². The lowest BCUT2D eigenvalue weighted by Crippen LogP contribution is -2.60. The lowest BCUT2D eigenvalue weighted by molar-refractivity contribution is -0.138. The van der Waals surface area contributed by atoms with Crippen molar-refractivity contribution in [1.82, 2.24) is 46.9 Å². The Kier molecular flexibility index (Phi) is 28.5. The average Bonchev–Trinajstić information content (AvgIpc) is 4.12. The van der Waals surface area contributed by atoms with Crippen molar-refractivity contribution in [2.24, 2.45) is 17.4 Å². The number of imidazole rings is 1. The second-order valence-electron chi connectivity index (χ2n) is 21.1. The van der Waals surface area contributed by atoms with Crippen LogP contribution in [-0.4, -0.2) is 181 Å². The normalized spacial score (nSPS) is 17.8. The quantitative estimate of drug-likeness (QED) is 0.0216. The molecular formula is C50H84N11O16PS. The van der Waals surface area contributed by atoms with E-state index < -0.39 is 122 Å². The summed E-state index contributed by atoms with van der Waals surface area (Å²) in [5.41, 5.74) is 13.7. The van der Waals surface area contributed by atoms with Crippen molar-refractivity contribution in [3.05, 3.63) is 54.1 Å². The lowest BCUT2D eigenvalue weighted by Gasteiger charge is -2.32. The fraction of sp³-hybridized carbons (Fsp3) is 0.680. The van der Waals surface area contributed by atoms with Crippen molar-refractivity contribution in [3.63, 3.8) is 0 Å². The summed E-state index contributed by atoms with van der Waals surface area (Å²) in [6.45, 7) is 12.1. The van der Waals surface area contributed by atoms with Gasteiger partial charge in [0.2, 0.25) is 41.4 Å². The van der Waals surface area contributed by atoms with Gasteiger partial charge in [-0.3, -0.25) is 47.8 Å². The number of likely N-dealkylation sites (tertiary alicyclic amines) is 1. The number of nitrogens with zero attached hydrogens (tertiary/aromatic N) is 2. The summed E-state index contributed by atoms with van der Waals surface area (Å²) < 4.78 is 28.2. The molecule has 29 heteroatoms. The van der Waals surface area contributed by atoms with Crippen LogP contribution in [0.1, 0.15) is 105 Å². The molecule has 79 heavy (non-hydrogen) atoms. The van der Waals surface area contributed by atoms with Crippen LogP contribution in [0.25, 0.3) is 0 Å². The first kappa shape index (κ1) is 68.2. The van der Waals surface area contributed by atoms with Gasteiger partial charge in [0.25, 0.3) is 0 Å². The molecule has 1 saturated heterocycles. The molecule has 3 rings (SSSR count). The number of primary amides is 1. The topological polar surface area (TPSA) is 411 Å². The van der Waals surface area contributed by atoms with E-state index in [1.54, 1.807) is 13.8 Å². The van der Waals surface area contributed by atoms with Gasteiger partial charge in [-0.05, 0) is 71.8 Å². The molecule has 0 radical (unpaired) electrons. The van der Waals surface area contributed by atoms with Gasteiger partial charge in [0, 0.05) is 62.8 Å². The number of nitrogens with one attached hydrogen (secondary N) is 7. The average molecular weight is 1160 g/mol. The van der Waals surface area contributed by atoms with E-state index in [1.807, 2.05) is 58.0 Å². The van der Waals surface area contributed by atoms with E-state index in [9.17, 15) is 48.3 Å². The summed E-state index contributed by atoms with van der Waals surface area (Å²) in [4.78, 5) is 126. The number of carbonyl (C=O) groups is 7. The molecule has 7 amide bonds. The maximum Gasteiger partial charge on any atom is 0.469 e. The number of thiol groups is 1. The summed E-state index contributed by atoms with van der Waals surface area (Å²) in [5.74, 6) is -5.37. The number of benzene rings is 1. The number of aromatic nitrogens is 2. The standard InChI is InChI=1S/C50H84N11O16PS/c1-30(2)21-37(45(67)57-38(23-33-25-53-29-55-33)46(68)59-39(27-62)47(69)56-36(43(52)65)22-31(3)77-78(71,72)73)58-48(70)40-24-34(76-60-41(63)14-13-32-11-9-8-10-12-32)26-61(40)42(64)15-19-74-50(6,7)17-20-75-49(4,5)16-18-54-44(66)35(51)28-79/h8-12,25,29-31,34-40,42,62,64,79H,13-24,26-28,51H2,1-7H3,(H2,52,65)(H,53,55)(H,54,66)(H,56,69)(H,57,67)(H,58,70)(H,59,68)(H,60,63)(H2,71,72,73). The number of aromatic amines is 1. The third kappa shape index (κ3) is 25.9. The Balaban J connectivity index is 1.77. The number of ether oxygens (including phenoxy) is 2. The van der Waals surface area contributed by atoms with E-state index >= 15 is 0 Å². The number of hydrogen-bond donors (Lipinski definition) is 14. The van der Waals surface area contributed by atoms with E-state index in [0.29, 0.717) is 38.1 Å². The molecule has 1 aromatic carbocycles. The Morgan fingerprint density at radius 3 is 2.10 bits per heavy atom. The van der Waals surface area contributed by atoms with Gasteiger partial charge >= 0.3 is 7.82 Å². The van der Waals surface area contributed by atoms with Crippen molar-refractivity contribution >= 4 is 61.8 Å². The Morgan fingerprint density at radius 1 is 0.873 bits per heavy atom. The van der Waals surface area contributed by atoms with Crippen LogP contribution < -0.4 is 43.5 Å². The number of carbonyl (C=O) groups excluding carboxylic acids is 7. The van der Waals surface area contributed by atoms with Crippen LogP contribution >= 0.6 is 20.5 Å². The van der Waals surface area contributed by atoms with E-state index in [4.69, 9.17) is 35.6 Å². The zero-order valence-corrected chi connectivity index (χ0v) is 47.8. The van der Waals surface area contributed by atoms with Gasteiger partial charge in [-0.25, -0.2) is 15.0 Å². The molecular weight excluding hydrogens is 1070 g/mol. The first-order valence-electron chi connectivity index (χ1n) is 26.2. The van der Waals surface area contributed by atoms with Gasteiger partial charge in [-0.15, -0.1) is 0 Å². The molecule has 27 nitrogen and oxygen atoms in total. The van der Waals surface area contributed by atoms with E-state index in [0.717, 1.165) is 5.56 Å². The van der Waals surface area contributed by atoms with Gasteiger partial charge < -0.3 is 72.5 Å². The van der Waals surface area contributed by atoms with E-state index in [-0.39, 0.29) is 62.8 Å². The summed E-state index contributed by atoms with van der Waals surface area (Å²) >= 11 is 4.06. The molecule has 15 N–H and O–H groups in total. The second kappa shape index (κ2) is 33.0. The van der Waals surface area contributed by atoms with Crippen LogP contribution in [0.4, 0.5) is 0 Å². The maximum atomic E-state index is 14.5. The zero-order valence-electron chi connectivity index (χ0n) is 46.1. The second-order valence-corrected chi connectivity index (χ2v) is 22.7. The van der Waals surface area contributed by atoms with Gasteiger partial charge in [-0.1, -0.05) is 44.2 Å². The summed E-state index contributed by atoms with van der Waals surface area (Å²) in [6, 6.07) is 1.54. The van der Waals surface area contributed by atoms with Crippen LogP contribution in [-0.2, 0) is 69.8 Å². The first-order valence-corrected chi connectivity index (χ1v) is 28.3. The summed E-state index contributed by atoms with van der Waals surface area (Å²) in [7, 11) is -4.98. The molecule has 0 aliphatic carbocycles. The molecule has 1 aliphatic heterocycles. The zero-order chi connectivity index (χ0) is 59.1. The largest absolute Gasteiger partial charge is 0.469 e. The molecule has 0 saturated carbocycles.